The van der Waals surface area contributed by atoms with Crippen molar-refractivity contribution >= 4 is 12.0 Å². The molecule has 0 aliphatic heterocycles. The van der Waals surface area contributed by atoms with E-state index >= 15 is 0 Å². The van der Waals surface area contributed by atoms with Crippen LogP contribution >= 0.6 is 0 Å². The number of carbonyl (C=O) groups is 2. The van der Waals surface area contributed by atoms with Crippen LogP contribution in [0.1, 0.15) is 69.3 Å². The fourth-order valence-corrected chi connectivity index (χ4v) is 3.84. The van der Waals surface area contributed by atoms with Crippen LogP contribution in [-0.4, -0.2) is 29.6 Å². The second-order valence-electron chi connectivity index (χ2n) is 8.45. The number of primary amides is 1. The van der Waals surface area contributed by atoms with Crippen LogP contribution in [0.25, 0.3) is 0 Å². The third-order valence-corrected chi connectivity index (χ3v) is 5.91. The Bertz CT molecular complexity index is 724. The lowest BCUT2D eigenvalue weighted by molar-refractivity contribution is -0.120. The van der Waals surface area contributed by atoms with Crippen LogP contribution in [0.4, 0.5) is 4.79 Å². The Labute approximate surface area is 165 Å². The highest BCUT2D eigenvalue weighted by Crippen LogP contribution is 2.39. The zero-order valence-corrected chi connectivity index (χ0v) is 16.2. The van der Waals surface area contributed by atoms with E-state index in [1.807, 2.05) is 6.07 Å². The van der Waals surface area contributed by atoms with E-state index in [0.29, 0.717) is 36.7 Å². The van der Waals surface area contributed by atoms with Gasteiger partial charge in [-0.15, -0.1) is 0 Å². The maximum Gasteiger partial charge on any atom is 0.414 e. The van der Waals surface area contributed by atoms with E-state index in [1.54, 1.807) is 6.07 Å². The fourth-order valence-electron chi connectivity index (χ4n) is 3.84. The molecule has 7 heteroatoms. The predicted octanol–water partition coefficient (Wildman–Crippen LogP) is 3.27. The van der Waals surface area contributed by atoms with Crippen LogP contribution < -0.4 is 20.5 Å². The number of amides is 2. The van der Waals surface area contributed by atoms with Crippen molar-refractivity contribution in [2.75, 3.05) is 6.61 Å². The molecule has 0 unspecified atom stereocenters. The molecule has 3 N–H and O–H groups in total. The first-order chi connectivity index (χ1) is 13.6. The minimum Gasteiger partial charge on any atom is -0.477 e. The van der Waals surface area contributed by atoms with E-state index in [1.165, 1.54) is 25.7 Å². The summed E-state index contributed by atoms with van der Waals surface area (Å²) in [7, 11) is 0. The molecule has 3 aliphatic rings. The first-order valence-corrected chi connectivity index (χ1v) is 10.5. The second kappa shape index (κ2) is 8.37. The van der Waals surface area contributed by atoms with Crippen LogP contribution in [0, 0.1) is 11.8 Å². The van der Waals surface area contributed by atoms with Crippen molar-refractivity contribution in [3.8, 4) is 11.8 Å². The van der Waals surface area contributed by atoms with Gasteiger partial charge in [-0.3, -0.25) is 4.79 Å². The number of aromatic nitrogens is 1. The molecule has 4 rings (SSSR count). The van der Waals surface area contributed by atoms with Gasteiger partial charge < -0.3 is 20.5 Å². The average Bonchev–Trinajstić information content (AvgIpc) is 3.60. The molecule has 0 saturated heterocycles. The maximum absolute atomic E-state index is 12.2. The Balaban J connectivity index is 1.41. The lowest BCUT2D eigenvalue weighted by Gasteiger charge is -2.17. The Morgan fingerprint density at radius 1 is 1.11 bits per heavy atom. The molecule has 1 aromatic heterocycles. The summed E-state index contributed by atoms with van der Waals surface area (Å²) in [6, 6.07) is 2.96. The first kappa shape index (κ1) is 19.0. The molecule has 1 atom stereocenters. The molecule has 0 radical (unpaired) electrons. The van der Waals surface area contributed by atoms with Crippen LogP contribution in [0.3, 0.4) is 0 Å². The summed E-state index contributed by atoms with van der Waals surface area (Å²) < 4.78 is 11.3. The minimum absolute atomic E-state index is 0.180. The van der Waals surface area contributed by atoms with E-state index in [9.17, 15) is 9.59 Å². The number of carbonyl (C=O) groups excluding carboxylic acids is 2. The summed E-state index contributed by atoms with van der Waals surface area (Å²) >= 11 is 0. The number of hydrogen-bond donors (Lipinski definition) is 2. The highest BCUT2D eigenvalue weighted by molar-refractivity contribution is 5.84. The van der Waals surface area contributed by atoms with E-state index in [2.05, 4.69) is 10.3 Å². The van der Waals surface area contributed by atoms with Gasteiger partial charge in [-0.1, -0.05) is 25.7 Å². The lowest BCUT2D eigenvalue weighted by atomic mass is 9.99. The summed E-state index contributed by atoms with van der Waals surface area (Å²) in [6.45, 7) is 0.660. The Morgan fingerprint density at radius 2 is 1.82 bits per heavy atom. The third kappa shape index (κ3) is 5.14. The molecule has 1 aromatic rings. The second-order valence-corrected chi connectivity index (χ2v) is 8.45. The van der Waals surface area contributed by atoms with Gasteiger partial charge in [0.05, 0.1) is 6.61 Å². The van der Waals surface area contributed by atoms with Gasteiger partial charge in [0, 0.05) is 11.6 Å². The van der Waals surface area contributed by atoms with E-state index in [-0.39, 0.29) is 5.88 Å². The van der Waals surface area contributed by atoms with Crippen LogP contribution in [0.5, 0.6) is 11.8 Å². The number of rotatable bonds is 9. The smallest absolute Gasteiger partial charge is 0.414 e. The van der Waals surface area contributed by atoms with Gasteiger partial charge >= 0.3 is 6.09 Å². The summed E-state index contributed by atoms with van der Waals surface area (Å²) in [5.74, 6) is 1.76. The van der Waals surface area contributed by atoms with Gasteiger partial charge in [-0.25, -0.2) is 4.79 Å². The van der Waals surface area contributed by atoms with Gasteiger partial charge in [-0.2, -0.15) is 4.98 Å². The molecule has 0 spiro atoms. The van der Waals surface area contributed by atoms with Crippen LogP contribution in [0.15, 0.2) is 12.1 Å². The van der Waals surface area contributed by atoms with Gasteiger partial charge in [0.2, 0.25) is 17.7 Å². The number of ether oxygens (including phenoxy) is 2. The minimum atomic E-state index is -0.710. The zero-order chi connectivity index (χ0) is 19.5. The van der Waals surface area contributed by atoms with Crippen molar-refractivity contribution in [2.45, 2.75) is 69.7 Å². The molecule has 28 heavy (non-hydrogen) atoms. The third-order valence-electron chi connectivity index (χ3n) is 5.91. The molecule has 3 saturated carbocycles. The van der Waals surface area contributed by atoms with Crippen molar-refractivity contribution in [1.29, 1.82) is 0 Å². The summed E-state index contributed by atoms with van der Waals surface area (Å²) in [5, 5.41) is 2.57. The Kier molecular flexibility index (Phi) is 5.69. The van der Waals surface area contributed by atoms with Gasteiger partial charge in [0.25, 0.3) is 0 Å². The summed E-state index contributed by atoms with van der Waals surface area (Å²) in [6.07, 6.45) is 9.14. The lowest BCUT2D eigenvalue weighted by Crippen LogP contribution is -2.45. The van der Waals surface area contributed by atoms with Crippen molar-refractivity contribution in [2.24, 2.45) is 17.6 Å². The normalized spacial score (nSPS) is 20.6. The van der Waals surface area contributed by atoms with Gasteiger partial charge in [0.1, 0.15) is 6.04 Å². The molecule has 0 bridgehead atoms. The largest absolute Gasteiger partial charge is 0.477 e. The quantitative estimate of drug-likeness (QED) is 0.677. The molecule has 1 heterocycles. The molecular formula is C21H29N3O4. The van der Waals surface area contributed by atoms with Crippen LogP contribution in [-0.2, 0) is 4.79 Å². The van der Waals surface area contributed by atoms with Crippen molar-refractivity contribution in [1.82, 2.24) is 10.3 Å². The van der Waals surface area contributed by atoms with Crippen molar-refractivity contribution in [3.05, 3.63) is 17.7 Å². The van der Waals surface area contributed by atoms with E-state index < -0.39 is 18.0 Å². The molecule has 3 aliphatic carbocycles. The number of hydrogen-bond acceptors (Lipinski definition) is 5. The first-order valence-electron chi connectivity index (χ1n) is 10.5. The highest BCUT2D eigenvalue weighted by Gasteiger charge is 2.30. The topological polar surface area (TPSA) is 104 Å². The van der Waals surface area contributed by atoms with Gasteiger partial charge in [0.15, 0.2) is 0 Å². The number of nitrogens with zero attached hydrogens (tertiary/aromatic N) is 1. The molecular weight excluding hydrogens is 358 g/mol. The van der Waals surface area contributed by atoms with E-state index in [0.717, 1.165) is 31.2 Å². The average molecular weight is 387 g/mol. The molecule has 0 aromatic carbocycles. The summed E-state index contributed by atoms with van der Waals surface area (Å²) in [4.78, 5) is 28.3. The molecule has 7 nitrogen and oxygen atoms in total. The van der Waals surface area contributed by atoms with Gasteiger partial charge in [-0.05, 0) is 55.9 Å². The highest BCUT2D eigenvalue weighted by atomic mass is 16.6. The number of nitrogens with two attached hydrogens (primary N) is 1. The number of pyridine rings is 1. The zero-order valence-electron chi connectivity index (χ0n) is 16.2. The Morgan fingerprint density at radius 3 is 2.46 bits per heavy atom. The molecule has 3 fully saturated rings. The summed E-state index contributed by atoms with van der Waals surface area (Å²) in [5.41, 5.74) is 6.50. The number of nitrogens with one attached hydrogen (secondary N) is 1. The molecule has 152 valence electrons. The van der Waals surface area contributed by atoms with Crippen LogP contribution in [0.2, 0.25) is 0 Å². The van der Waals surface area contributed by atoms with E-state index in [4.69, 9.17) is 15.2 Å². The fraction of sp³-hybridized carbons (Fsp3) is 0.667. The monoisotopic (exact) mass is 387 g/mol. The standard InChI is InChI=1S/C21H29N3O4/c22-19(25)17(11-13-5-6-13)23-21(26)28-18-10-9-16(15-3-1-2-4-15)20(24-18)27-12-14-7-8-14/h9-10,13-15,17H,1-8,11-12H2,(H2,22,25)(H,23,26)/t17-/m0/s1. The van der Waals surface area contributed by atoms with Crippen molar-refractivity contribution < 1.29 is 19.1 Å². The van der Waals surface area contributed by atoms with Crippen molar-refractivity contribution in [3.63, 3.8) is 0 Å². The SMILES string of the molecule is NC(=O)[C@H](CC1CC1)NC(=O)Oc1ccc(C2CCCC2)c(OCC2CC2)n1. The Hall–Kier alpha value is -2.31. The maximum atomic E-state index is 12.2. The molecule has 2 amide bonds. The predicted molar refractivity (Wildman–Crippen MR) is 103 cm³/mol.